The van der Waals surface area contributed by atoms with E-state index in [0.29, 0.717) is 13.0 Å². The number of esters is 1. The van der Waals surface area contributed by atoms with E-state index in [9.17, 15) is 9.59 Å². The molecule has 0 saturated heterocycles. The van der Waals surface area contributed by atoms with Crippen LogP contribution in [0.3, 0.4) is 0 Å². The van der Waals surface area contributed by atoms with Gasteiger partial charge >= 0.3 is 5.97 Å². The average molecular weight is 453 g/mol. The van der Waals surface area contributed by atoms with Gasteiger partial charge in [-0.1, -0.05) is 42.5 Å². The molecule has 0 spiro atoms. The van der Waals surface area contributed by atoms with Crippen molar-refractivity contribution < 1.29 is 19.1 Å². The van der Waals surface area contributed by atoms with Crippen LogP contribution in [-0.2, 0) is 32.1 Å². The minimum absolute atomic E-state index is 0.116. The van der Waals surface area contributed by atoms with Gasteiger partial charge in [0.2, 0.25) is 5.91 Å². The van der Waals surface area contributed by atoms with Crippen molar-refractivity contribution in [2.75, 3.05) is 13.7 Å². The fourth-order valence-corrected chi connectivity index (χ4v) is 2.91. The number of hydrogen-bond donors (Lipinski definition) is 1. The third kappa shape index (κ3) is 6.83. The van der Waals surface area contributed by atoms with Crippen molar-refractivity contribution in [3.05, 3.63) is 69.3 Å². The number of halogens is 1. The fraction of sp³-hybridized carbons (Fsp3) is 0.263. The van der Waals surface area contributed by atoms with E-state index < -0.39 is 12.0 Å². The topological polar surface area (TPSA) is 64.6 Å². The molecule has 0 saturated carbocycles. The van der Waals surface area contributed by atoms with Gasteiger partial charge in [-0.3, -0.25) is 4.79 Å². The number of carbonyl (C=O) groups excluding carboxylic acids is 2. The van der Waals surface area contributed by atoms with E-state index in [2.05, 4.69) is 27.9 Å². The molecule has 0 heterocycles. The molecule has 2 rings (SSSR count). The second kappa shape index (κ2) is 10.1. The molecule has 132 valence electrons. The smallest absolute Gasteiger partial charge is 0.328 e. The molecule has 2 aromatic rings. The largest absolute Gasteiger partial charge is 0.467 e. The van der Waals surface area contributed by atoms with Crippen LogP contribution >= 0.6 is 22.6 Å². The maximum absolute atomic E-state index is 12.1. The third-order valence-electron chi connectivity index (χ3n) is 3.49. The summed E-state index contributed by atoms with van der Waals surface area (Å²) in [6.45, 7) is 0.225. The van der Waals surface area contributed by atoms with E-state index in [1.165, 1.54) is 7.11 Å². The molecule has 0 fully saturated rings. The van der Waals surface area contributed by atoms with Crippen molar-refractivity contribution >= 4 is 34.5 Å². The molecule has 0 radical (unpaired) electrons. The molecule has 25 heavy (non-hydrogen) atoms. The highest BCUT2D eigenvalue weighted by Crippen LogP contribution is 2.10. The summed E-state index contributed by atoms with van der Waals surface area (Å²) in [6, 6.07) is 16.6. The summed E-state index contributed by atoms with van der Waals surface area (Å²) >= 11 is 2.20. The van der Waals surface area contributed by atoms with Crippen molar-refractivity contribution in [3.63, 3.8) is 0 Å². The number of hydrogen-bond acceptors (Lipinski definition) is 4. The Labute approximate surface area is 160 Å². The van der Waals surface area contributed by atoms with Gasteiger partial charge in [0, 0.05) is 9.99 Å². The van der Waals surface area contributed by atoms with Crippen molar-refractivity contribution in [1.29, 1.82) is 0 Å². The first kappa shape index (κ1) is 19.4. The molecule has 1 N–H and O–H groups in total. The number of rotatable bonds is 8. The van der Waals surface area contributed by atoms with Gasteiger partial charge in [0.05, 0.1) is 13.7 Å². The standard InChI is InChI=1S/C19H20INO4/c1-24-19(23)17(11-15-8-5-9-16(20)10-15)21-18(22)13-25-12-14-6-3-2-4-7-14/h2-10,17H,11-13H2,1H3,(H,21,22)/t17-/m0/s1. The quantitative estimate of drug-likeness (QED) is 0.493. The number of nitrogens with one attached hydrogen (secondary N) is 1. The molecule has 6 heteroatoms. The van der Waals surface area contributed by atoms with Gasteiger partial charge in [-0.15, -0.1) is 0 Å². The highest BCUT2D eigenvalue weighted by atomic mass is 127. The lowest BCUT2D eigenvalue weighted by Crippen LogP contribution is -2.44. The van der Waals surface area contributed by atoms with Crippen LogP contribution < -0.4 is 5.32 Å². The Balaban J connectivity index is 1.87. The fourth-order valence-electron chi connectivity index (χ4n) is 2.31. The predicted molar refractivity (Wildman–Crippen MR) is 103 cm³/mol. The molecule has 0 aliphatic rings. The Hall–Kier alpha value is -1.93. The number of methoxy groups -OCH3 is 1. The number of carbonyl (C=O) groups is 2. The molecule has 0 aromatic heterocycles. The zero-order chi connectivity index (χ0) is 18.1. The molecule has 0 unspecified atom stereocenters. The zero-order valence-electron chi connectivity index (χ0n) is 13.9. The Bertz CT molecular complexity index is 706. The third-order valence-corrected chi connectivity index (χ3v) is 4.17. The van der Waals surface area contributed by atoms with Gasteiger partial charge in [0.15, 0.2) is 0 Å². The molecule has 2 aromatic carbocycles. The molecule has 1 amide bonds. The molecule has 5 nitrogen and oxygen atoms in total. The van der Waals surface area contributed by atoms with E-state index in [4.69, 9.17) is 9.47 Å². The van der Waals surface area contributed by atoms with Gasteiger partial charge in [-0.2, -0.15) is 0 Å². The monoisotopic (exact) mass is 453 g/mol. The lowest BCUT2D eigenvalue weighted by molar-refractivity contribution is -0.145. The van der Waals surface area contributed by atoms with Crippen molar-refractivity contribution in [2.24, 2.45) is 0 Å². The van der Waals surface area contributed by atoms with E-state index in [1.807, 2.05) is 54.6 Å². The lowest BCUT2D eigenvalue weighted by atomic mass is 10.1. The van der Waals surface area contributed by atoms with Gasteiger partial charge in [-0.25, -0.2) is 4.79 Å². The van der Waals surface area contributed by atoms with E-state index in [0.717, 1.165) is 14.7 Å². The first-order chi connectivity index (χ1) is 12.1. The van der Waals surface area contributed by atoms with Crippen LogP contribution in [0.25, 0.3) is 0 Å². The van der Waals surface area contributed by atoms with Crippen molar-refractivity contribution in [3.8, 4) is 0 Å². The number of ether oxygens (including phenoxy) is 2. The summed E-state index contributed by atoms with van der Waals surface area (Å²) in [6.07, 6.45) is 0.369. The van der Waals surface area contributed by atoms with Gasteiger partial charge in [-0.05, 0) is 45.9 Å². The van der Waals surface area contributed by atoms with Gasteiger partial charge in [0.25, 0.3) is 0 Å². The Morgan fingerprint density at radius 2 is 1.80 bits per heavy atom. The van der Waals surface area contributed by atoms with Crippen LogP contribution in [0.4, 0.5) is 0 Å². The summed E-state index contributed by atoms with van der Waals surface area (Å²) < 4.78 is 11.3. The second-order valence-corrected chi connectivity index (χ2v) is 6.70. The molecule has 1 atom stereocenters. The maximum atomic E-state index is 12.1. The normalized spacial score (nSPS) is 11.6. The molecule has 0 bridgehead atoms. The van der Waals surface area contributed by atoms with Crippen LogP contribution in [0, 0.1) is 3.57 Å². The summed E-state index contributed by atoms with van der Waals surface area (Å²) in [5.74, 6) is -0.827. The predicted octanol–water partition coefficient (Wildman–Crippen LogP) is 2.71. The Morgan fingerprint density at radius 1 is 1.08 bits per heavy atom. The Kier molecular flexibility index (Phi) is 7.87. The summed E-state index contributed by atoms with van der Waals surface area (Å²) in [7, 11) is 1.31. The van der Waals surface area contributed by atoms with Crippen LogP contribution in [0.1, 0.15) is 11.1 Å². The SMILES string of the molecule is COC(=O)[C@H](Cc1cccc(I)c1)NC(=O)COCc1ccccc1. The van der Waals surface area contributed by atoms with Crippen LogP contribution in [0.15, 0.2) is 54.6 Å². The van der Waals surface area contributed by atoms with Crippen LogP contribution in [0.5, 0.6) is 0 Å². The maximum Gasteiger partial charge on any atom is 0.328 e. The van der Waals surface area contributed by atoms with E-state index in [1.54, 1.807) is 0 Å². The molecule has 0 aliphatic heterocycles. The first-order valence-corrected chi connectivity index (χ1v) is 8.89. The summed E-state index contributed by atoms with van der Waals surface area (Å²) in [5, 5.41) is 2.68. The van der Waals surface area contributed by atoms with Crippen LogP contribution in [-0.4, -0.2) is 31.6 Å². The lowest BCUT2D eigenvalue weighted by Gasteiger charge is -2.17. The Morgan fingerprint density at radius 3 is 2.48 bits per heavy atom. The summed E-state index contributed by atoms with van der Waals surface area (Å²) in [5.41, 5.74) is 1.94. The second-order valence-electron chi connectivity index (χ2n) is 5.46. The highest BCUT2D eigenvalue weighted by molar-refractivity contribution is 14.1. The number of benzene rings is 2. The van der Waals surface area contributed by atoms with Gasteiger partial charge in [0.1, 0.15) is 12.6 Å². The summed E-state index contributed by atoms with van der Waals surface area (Å²) in [4.78, 5) is 24.0. The minimum atomic E-state index is -0.740. The first-order valence-electron chi connectivity index (χ1n) is 7.82. The van der Waals surface area contributed by atoms with E-state index >= 15 is 0 Å². The molecule has 0 aliphatic carbocycles. The highest BCUT2D eigenvalue weighted by Gasteiger charge is 2.22. The average Bonchev–Trinajstić information content (AvgIpc) is 2.61. The van der Waals surface area contributed by atoms with Crippen molar-refractivity contribution in [1.82, 2.24) is 5.32 Å². The minimum Gasteiger partial charge on any atom is -0.467 e. The van der Waals surface area contributed by atoms with Crippen molar-refractivity contribution in [2.45, 2.75) is 19.1 Å². The van der Waals surface area contributed by atoms with Crippen LogP contribution in [0.2, 0.25) is 0 Å². The molecular formula is C19H20INO4. The zero-order valence-corrected chi connectivity index (χ0v) is 16.1. The van der Waals surface area contributed by atoms with E-state index in [-0.39, 0.29) is 12.5 Å². The van der Waals surface area contributed by atoms with Gasteiger partial charge < -0.3 is 14.8 Å². The number of amides is 1. The molecular weight excluding hydrogens is 433 g/mol.